The van der Waals surface area contributed by atoms with Crippen LogP contribution in [0.5, 0.6) is 11.5 Å². The van der Waals surface area contributed by atoms with Crippen LogP contribution in [-0.4, -0.2) is 12.2 Å². The molecule has 0 aliphatic rings. The van der Waals surface area contributed by atoms with E-state index >= 15 is 0 Å². The van der Waals surface area contributed by atoms with Crippen LogP contribution in [0.2, 0.25) is 0 Å². The van der Waals surface area contributed by atoms with Gasteiger partial charge in [0.25, 0.3) is 0 Å². The number of aromatic hydroxyl groups is 1. The summed E-state index contributed by atoms with van der Waals surface area (Å²) in [6.07, 6.45) is 1.90. The highest BCUT2D eigenvalue weighted by Crippen LogP contribution is 2.43. The molecule has 0 aliphatic heterocycles. The van der Waals surface area contributed by atoms with Crippen molar-refractivity contribution < 1.29 is 9.84 Å². The van der Waals surface area contributed by atoms with Gasteiger partial charge in [0, 0.05) is 10.5 Å². The number of hydrogen-bond acceptors (Lipinski definition) is 3. The molecule has 3 N–H and O–H groups in total. The molecule has 0 fully saturated rings. The van der Waals surface area contributed by atoms with Crippen molar-refractivity contribution in [3.8, 4) is 11.5 Å². The SMILES string of the molecule is CCC[C@@H](N)c1cc(OC)c(O)c(Br)c1Br.Cl. The first-order chi connectivity index (χ1) is 7.52. The highest BCUT2D eigenvalue weighted by molar-refractivity contribution is 9.13. The zero-order chi connectivity index (χ0) is 12.3. The van der Waals surface area contributed by atoms with Crippen molar-refractivity contribution in [3.05, 3.63) is 20.6 Å². The van der Waals surface area contributed by atoms with Crippen LogP contribution in [0.15, 0.2) is 15.0 Å². The van der Waals surface area contributed by atoms with Crippen LogP contribution in [0, 0.1) is 0 Å². The second-order valence-electron chi connectivity index (χ2n) is 3.54. The van der Waals surface area contributed by atoms with E-state index in [1.54, 1.807) is 6.07 Å². The van der Waals surface area contributed by atoms with Gasteiger partial charge in [0.1, 0.15) is 0 Å². The Morgan fingerprint density at radius 3 is 2.47 bits per heavy atom. The van der Waals surface area contributed by atoms with Crippen LogP contribution in [0.4, 0.5) is 0 Å². The summed E-state index contributed by atoms with van der Waals surface area (Å²) in [4.78, 5) is 0. The van der Waals surface area contributed by atoms with Crippen molar-refractivity contribution in [2.45, 2.75) is 25.8 Å². The quantitative estimate of drug-likeness (QED) is 0.813. The molecule has 6 heteroatoms. The van der Waals surface area contributed by atoms with E-state index in [-0.39, 0.29) is 24.2 Å². The first kappa shape index (κ1) is 17.0. The fourth-order valence-electron chi connectivity index (χ4n) is 1.50. The molecule has 0 radical (unpaired) electrons. The van der Waals surface area contributed by atoms with Gasteiger partial charge in [0.2, 0.25) is 0 Å². The predicted octanol–water partition coefficient (Wildman–Crippen LogP) is 4.15. The molecule has 3 nitrogen and oxygen atoms in total. The third-order valence-electron chi connectivity index (χ3n) is 2.39. The first-order valence-electron chi connectivity index (χ1n) is 5.03. The van der Waals surface area contributed by atoms with E-state index in [0.717, 1.165) is 22.9 Å². The Balaban J connectivity index is 0.00000256. The standard InChI is InChI=1S/C11H15Br2NO2.ClH/c1-3-4-7(14)6-5-8(16-2)11(15)10(13)9(6)12;/h5,7,15H,3-4,14H2,1-2H3;1H/t7-;/m1./s1. The molecule has 0 saturated heterocycles. The van der Waals surface area contributed by atoms with E-state index in [1.165, 1.54) is 7.11 Å². The summed E-state index contributed by atoms with van der Waals surface area (Å²) in [5.41, 5.74) is 6.99. The molecule has 0 amide bonds. The van der Waals surface area contributed by atoms with Gasteiger partial charge in [-0.1, -0.05) is 13.3 Å². The monoisotopic (exact) mass is 387 g/mol. The Labute approximate surface area is 124 Å². The lowest BCUT2D eigenvalue weighted by Crippen LogP contribution is -2.11. The minimum atomic E-state index is -0.0647. The maximum atomic E-state index is 9.77. The van der Waals surface area contributed by atoms with E-state index in [0.29, 0.717) is 10.2 Å². The molecule has 1 atom stereocenters. The Bertz CT molecular complexity index is 388. The van der Waals surface area contributed by atoms with Gasteiger partial charge in [0.05, 0.1) is 11.6 Å². The first-order valence-corrected chi connectivity index (χ1v) is 6.61. The fourth-order valence-corrected chi connectivity index (χ4v) is 2.52. The molecular weight excluding hydrogens is 373 g/mol. The Hall–Kier alpha value is 0.0300. The van der Waals surface area contributed by atoms with Gasteiger partial charge in [-0.05, 0) is 49.9 Å². The van der Waals surface area contributed by atoms with E-state index in [4.69, 9.17) is 10.5 Å². The van der Waals surface area contributed by atoms with Gasteiger partial charge in [-0.25, -0.2) is 0 Å². The molecule has 0 spiro atoms. The van der Waals surface area contributed by atoms with E-state index in [2.05, 4.69) is 38.8 Å². The molecule has 1 aromatic rings. The van der Waals surface area contributed by atoms with Crippen molar-refractivity contribution >= 4 is 44.3 Å². The molecule has 0 bridgehead atoms. The van der Waals surface area contributed by atoms with E-state index in [1.807, 2.05) is 0 Å². The number of benzene rings is 1. The Kier molecular flexibility index (Phi) is 7.47. The summed E-state index contributed by atoms with van der Waals surface area (Å²) in [6.45, 7) is 2.08. The number of halogens is 3. The van der Waals surface area contributed by atoms with E-state index in [9.17, 15) is 5.11 Å². The normalized spacial score (nSPS) is 11.8. The van der Waals surface area contributed by atoms with Gasteiger partial charge in [0.15, 0.2) is 11.5 Å². The van der Waals surface area contributed by atoms with Crippen molar-refractivity contribution in [2.24, 2.45) is 5.73 Å². The molecule has 98 valence electrons. The molecule has 0 unspecified atom stereocenters. The van der Waals surface area contributed by atoms with Crippen LogP contribution in [0.1, 0.15) is 31.4 Å². The number of methoxy groups -OCH3 is 1. The number of nitrogens with two attached hydrogens (primary N) is 1. The lowest BCUT2D eigenvalue weighted by molar-refractivity contribution is 0.370. The molecule has 0 saturated carbocycles. The summed E-state index contributed by atoms with van der Waals surface area (Å²) in [7, 11) is 1.52. The molecule has 1 rings (SSSR count). The van der Waals surface area contributed by atoms with Gasteiger partial charge in [-0.15, -0.1) is 12.4 Å². The summed E-state index contributed by atoms with van der Waals surface area (Å²) >= 11 is 6.73. The number of rotatable bonds is 4. The maximum absolute atomic E-state index is 9.77. The Morgan fingerprint density at radius 1 is 1.41 bits per heavy atom. The number of ether oxygens (including phenoxy) is 1. The summed E-state index contributed by atoms with van der Waals surface area (Å²) in [5.74, 6) is 0.512. The zero-order valence-corrected chi connectivity index (χ0v) is 13.7. The largest absolute Gasteiger partial charge is 0.503 e. The van der Waals surface area contributed by atoms with Gasteiger partial charge in [-0.2, -0.15) is 0 Å². The fraction of sp³-hybridized carbons (Fsp3) is 0.455. The molecule has 0 aliphatic carbocycles. The third kappa shape index (κ3) is 3.74. The zero-order valence-electron chi connectivity index (χ0n) is 9.67. The number of phenolic OH excluding ortho intramolecular Hbond substituents is 1. The van der Waals surface area contributed by atoms with Crippen LogP contribution in [0.25, 0.3) is 0 Å². The van der Waals surface area contributed by atoms with Gasteiger partial charge in [-0.3, -0.25) is 0 Å². The van der Waals surface area contributed by atoms with Crippen LogP contribution in [-0.2, 0) is 0 Å². The molecule has 1 aromatic carbocycles. The van der Waals surface area contributed by atoms with Crippen molar-refractivity contribution in [1.82, 2.24) is 0 Å². The topological polar surface area (TPSA) is 55.5 Å². The smallest absolute Gasteiger partial charge is 0.173 e. The lowest BCUT2D eigenvalue weighted by atomic mass is 10.0. The van der Waals surface area contributed by atoms with Crippen LogP contribution >= 0.6 is 44.3 Å². The highest BCUT2D eigenvalue weighted by atomic mass is 79.9. The number of phenols is 1. The molecule has 0 heterocycles. The molecule has 0 aromatic heterocycles. The van der Waals surface area contributed by atoms with Crippen LogP contribution in [0.3, 0.4) is 0 Å². The van der Waals surface area contributed by atoms with Crippen molar-refractivity contribution in [2.75, 3.05) is 7.11 Å². The van der Waals surface area contributed by atoms with Crippen molar-refractivity contribution in [3.63, 3.8) is 0 Å². The molecule has 17 heavy (non-hydrogen) atoms. The van der Waals surface area contributed by atoms with Gasteiger partial charge >= 0.3 is 0 Å². The minimum Gasteiger partial charge on any atom is -0.503 e. The molecular formula is C11H16Br2ClNO2. The summed E-state index contributed by atoms with van der Waals surface area (Å²) in [6, 6.07) is 1.70. The second kappa shape index (κ2) is 7.46. The number of hydrogen-bond donors (Lipinski definition) is 2. The van der Waals surface area contributed by atoms with Crippen LogP contribution < -0.4 is 10.5 Å². The maximum Gasteiger partial charge on any atom is 0.173 e. The minimum absolute atomic E-state index is 0. The average Bonchev–Trinajstić information content (AvgIpc) is 2.27. The average molecular weight is 390 g/mol. The predicted molar refractivity (Wildman–Crippen MR) is 79.1 cm³/mol. The highest BCUT2D eigenvalue weighted by Gasteiger charge is 2.18. The second-order valence-corrected chi connectivity index (χ2v) is 5.13. The lowest BCUT2D eigenvalue weighted by Gasteiger charge is -2.16. The van der Waals surface area contributed by atoms with E-state index < -0.39 is 0 Å². The third-order valence-corrected chi connectivity index (χ3v) is 4.55. The Morgan fingerprint density at radius 2 is 2.00 bits per heavy atom. The van der Waals surface area contributed by atoms with Gasteiger partial charge < -0.3 is 15.6 Å². The summed E-state index contributed by atoms with van der Waals surface area (Å²) in [5, 5.41) is 9.77. The van der Waals surface area contributed by atoms with Crippen molar-refractivity contribution in [1.29, 1.82) is 0 Å². The summed E-state index contributed by atoms with van der Waals surface area (Å²) < 4.78 is 6.45.